The second kappa shape index (κ2) is 8.83. The molecule has 2 N–H and O–H groups in total. The van der Waals surface area contributed by atoms with Gasteiger partial charge in [-0.2, -0.15) is 5.10 Å². The first kappa shape index (κ1) is 21.4. The van der Waals surface area contributed by atoms with E-state index >= 15 is 0 Å². The van der Waals surface area contributed by atoms with Crippen molar-refractivity contribution in [3.8, 4) is 11.5 Å². The minimum atomic E-state index is -0.591. The second-order valence-electron chi connectivity index (χ2n) is 6.98. The molecule has 9 heteroatoms. The SMILES string of the molecule is CC(C)(C)c1ccc(OCC(=O)N/N=C\c2cc([N+](=O)[O-])ccc2O)c(Br)c1. The number of hydrazone groups is 1. The number of nitrogens with one attached hydrogen (secondary N) is 1. The lowest BCUT2D eigenvalue weighted by molar-refractivity contribution is -0.384. The predicted octanol–water partition coefficient (Wildman–Crippen LogP) is 3.89. The van der Waals surface area contributed by atoms with Gasteiger partial charge >= 0.3 is 0 Å². The van der Waals surface area contributed by atoms with Gasteiger partial charge in [0.2, 0.25) is 0 Å². The van der Waals surface area contributed by atoms with E-state index in [1.807, 2.05) is 12.1 Å². The molecule has 0 aliphatic heterocycles. The number of aromatic hydroxyl groups is 1. The van der Waals surface area contributed by atoms with Crippen molar-refractivity contribution >= 4 is 33.7 Å². The minimum absolute atomic E-state index is 0.00872. The molecule has 2 aromatic carbocycles. The zero-order valence-corrected chi connectivity index (χ0v) is 17.2. The molecule has 28 heavy (non-hydrogen) atoms. The quantitative estimate of drug-likeness (QED) is 0.394. The Hall–Kier alpha value is -2.94. The average molecular weight is 450 g/mol. The number of nitro benzene ring substituents is 1. The lowest BCUT2D eigenvalue weighted by Gasteiger charge is -2.20. The lowest BCUT2D eigenvalue weighted by atomic mass is 9.87. The van der Waals surface area contributed by atoms with Gasteiger partial charge in [-0.1, -0.05) is 26.8 Å². The van der Waals surface area contributed by atoms with Crippen molar-refractivity contribution in [3.05, 3.63) is 62.1 Å². The normalized spacial score (nSPS) is 11.4. The van der Waals surface area contributed by atoms with Crippen LogP contribution in [0.4, 0.5) is 5.69 Å². The van der Waals surface area contributed by atoms with Crippen LogP contribution in [-0.2, 0) is 10.2 Å². The minimum Gasteiger partial charge on any atom is -0.507 e. The molecule has 0 fully saturated rings. The molecule has 1 amide bonds. The van der Waals surface area contributed by atoms with E-state index in [4.69, 9.17) is 4.74 Å². The Morgan fingerprint density at radius 1 is 1.32 bits per heavy atom. The number of hydrogen-bond acceptors (Lipinski definition) is 6. The van der Waals surface area contributed by atoms with Crippen LogP contribution < -0.4 is 10.2 Å². The molecule has 0 radical (unpaired) electrons. The molecule has 0 saturated carbocycles. The van der Waals surface area contributed by atoms with Crippen LogP contribution in [0.5, 0.6) is 11.5 Å². The largest absolute Gasteiger partial charge is 0.507 e. The number of nitro groups is 1. The van der Waals surface area contributed by atoms with Crippen molar-refractivity contribution in [2.75, 3.05) is 6.61 Å². The third kappa shape index (κ3) is 5.78. The summed E-state index contributed by atoms with van der Waals surface area (Å²) in [5.41, 5.74) is 3.27. The van der Waals surface area contributed by atoms with E-state index in [1.165, 1.54) is 12.1 Å². The molecule has 0 saturated heterocycles. The third-order valence-electron chi connectivity index (χ3n) is 3.77. The highest BCUT2D eigenvalue weighted by molar-refractivity contribution is 9.10. The van der Waals surface area contributed by atoms with Crippen LogP contribution in [0.15, 0.2) is 46.0 Å². The Morgan fingerprint density at radius 2 is 2.04 bits per heavy atom. The Bertz CT molecular complexity index is 922. The molecule has 0 unspecified atom stereocenters. The van der Waals surface area contributed by atoms with Gasteiger partial charge < -0.3 is 9.84 Å². The fourth-order valence-electron chi connectivity index (χ4n) is 2.19. The highest BCUT2D eigenvalue weighted by Crippen LogP contribution is 2.31. The molecule has 2 rings (SSSR count). The number of amides is 1. The molecule has 0 aromatic heterocycles. The van der Waals surface area contributed by atoms with Crippen molar-refractivity contribution in [1.29, 1.82) is 0 Å². The number of benzene rings is 2. The summed E-state index contributed by atoms with van der Waals surface area (Å²) in [5, 5.41) is 24.1. The van der Waals surface area contributed by atoms with E-state index in [1.54, 1.807) is 6.07 Å². The van der Waals surface area contributed by atoms with Crippen LogP contribution >= 0.6 is 15.9 Å². The number of non-ortho nitro benzene ring substituents is 1. The number of phenols is 1. The van der Waals surface area contributed by atoms with E-state index in [9.17, 15) is 20.0 Å². The van der Waals surface area contributed by atoms with Crippen molar-refractivity contribution in [1.82, 2.24) is 5.43 Å². The summed E-state index contributed by atoms with van der Waals surface area (Å²) in [5.74, 6) is -0.195. The van der Waals surface area contributed by atoms with E-state index in [2.05, 4.69) is 47.2 Å². The van der Waals surface area contributed by atoms with Gasteiger partial charge in [0.15, 0.2) is 6.61 Å². The van der Waals surface area contributed by atoms with Gasteiger partial charge in [0, 0.05) is 17.7 Å². The first-order valence-electron chi connectivity index (χ1n) is 8.30. The van der Waals surface area contributed by atoms with E-state index in [0.717, 1.165) is 22.3 Å². The fraction of sp³-hybridized carbons (Fsp3) is 0.263. The second-order valence-corrected chi connectivity index (χ2v) is 7.83. The Kier molecular flexibility index (Phi) is 6.74. The number of halogens is 1. The van der Waals surface area contributed by atoms with Crippen molar-refractivity contribution in [3.63, 3.8) is 0 Å². The van der Waals surface area contributed by atoms with Crippen LogP contribution in [0.2, 0.25) is 0 Å². The molecule has 8 nitrogen and oxygen atoms in total. The van der Waals surface area contributed by atoms with Crippen LogP contribution in [0.1, 0.15) is 31.9 Å². The monoisotopic (exact) mass is 449 g/mol. The number of phenolic OH excluding ortho intramolecular Hbond substituents is 1. The van der Waals surface area contributed by atoms with Gasteiger partial charge in [0.05, 0.1) is 15.6 Å². The first-order valence-corrected chi connectivity index (χ1v) is 9.09. The number of nitrogens with zero attached hydrogens (tertiary/aromatic N) is 2. The van der Waals surface area contributed by atoms with Crippen molar-refractivity contribution in [2.45, 2.75) is 26.2 Å². The molecule has 0 heterocycles. The zero-order chi connectivity index (χ0) is 20.9. The number of hydrogen-bond donors (Lipinski definition) is 2. The maximum atomic E-state index is 11.9. The van der Waals surface area contributed by atoms with Gasteiger partial charge in [-0.05, 0) is 45.1 Å². The topological polar surface area (TPSA) is 114 Å². The van der Waals surface area contributed by atoms with Gasteiger partial charge in [-0.3, -0.25) is 14.9 Å². The average Bonchev–Trinajstić information content (AvgIpc) is 2.61. The molecular weight excluding hydrogens is 430 g/mol. The Labute approximate surface area is 170 Å². The van der Waals surface area contributed by atoms with Crippen LogP contribution in [-0.4, -0.2) is 28.8 Å². The summed E-state index contributed by atoms with van der Waals surface area (Å²) < 4.78 is 6.21. The third-order valence-corrected chi connectivity index (χ3v) is 4.39. The molecule has 148 valence electrons. The summed E-state index contributed by atoms with van der Waals surface area (Å²) >= 11 is 3.43. The molecule has 0 bridgehead atoms. The molecule has 2 aromatic rings. The van der Waals surface area contributed by atoms with Gasteiger partial charge in [0.25, 0.3) is 11.6 Å². The number of carbonyl (C=O) groups excluding carboxylic acids is 1. The van der Waals surface area contributed by atoms with Gasteiger partial charge in [-0.15, -0.1) is 0 Å². The number of rotatable bonds is 6. The fourth-order valence-corrected chi connectivity index (χ4v) is 2.69. The highest BCUT2D eigenvalue weighted by atomic mass is 79.9. The van der Waals surface area contributed by atoms with Gasteiger partial charge in [0.1, 0.15) is 11.5 Å². The van der Waals surface area contributed by atoms with Crippen LogP contribution in [0, 0.1) is 10.1 Å². The molecule has 0 spiro atoms. The first-order chi connectivity index (χ1) is 13.1. The highest BCUT2D eigenvalue weighted by Gasteiger charge is 2.15. The van der Waals surface area contributed by atoms with E-state index in [-0.39, 0.29) is 29.0 Å². The van der Waals surface area contributed by atoms with Crippen molar-refractivity contribution in [2.24, 2.45) is 5.10 Å². The summed E-state index contributed by atoms with van der Waals surface area (Å²) in [6.07, 6.45) is 1.12. The number of carbonyl (C=O) groups is 1. The molecule has 0 aliphatic carbocycles. The summed E-state index contributed by atoms with van der Waals surface area (Å²) in [7, 11) is 0. The Morgan fingerprint density at radius 3 is 2.64 bits per heavy atom. The smallest absolute Gasteiger partial charge is 0.277 e. The van der Waals surface area contributed by atoms with Crippen LogP contribution in [0.25, 0.3) is 0 Å². The predicted molar refractivity (Wildman–Crippen MR) is 109 cm³/mol. The molecule has 0 atom stereocenters. The van der Waals surface area contributed by atoms with Gasteiger partial charge in [-0.25, -0.2) is 5.43 Å². The zero-order valence-electron chi connectivity index (χ0n) is 15.6. The van der Waals surface area contributed by atoms with Crippen molar-refractivity contribution < 1.29 is 19.6 Å². The molecular formula is C19H20BrN3O5. The maximum absolute atomic E-state index is 11.9. The Balaban J connectivity index is 1.94. The maximum Gasteiger partial charge on any atom is 0.277 e. The van der Waals surface area contributed by atoms with E-state index < -0.39 is 10.8 Å². The van der Waals surface area contributed by atoms with Crippen LogP contribution in [0.3, 0.4) is 0 Å². The number of ether oxygens (including phenoxy) is 1. The summed E-state index contributed by atoms with van der Waals surface area (Å²) in [6.45, 7) is 6.02. The molecule has 0 aliphatic rings. The van der Waals surface area contributed by atoms with E-state index in [0.29, 0.717) is 5.75 Å². The summed E-state index contributed by atoms with van der Waals surface area (Å²) in [4.78, 5) is 22.0. The standard InChI is InChI=1S/C19H20BrN3O5/c1-19(2,3)13-4-7-17(15(20)9-13)28-11-18(25)22-21-10-12-8-14(23(26)27)5-6-16(12)24/h4-10,24H,11H2,1-3H3,(H,22,25)/b21-10-. The summed E-state index contributed by atoms with van der Waals surface area (Å²) in [6, 6.07) is 9.15. The lowest BCUT2D eigenvalue weighted by Crippen LogP contribution is -2.24.